The van der Waals surface area contributed by atoms with Crippen molar-refractivity contribution in [2.24, 2.45) is 0 Å². The highest BCUT2D eigenvalue weighted by Gasteiger charge is 2.29. The summed E-state index contributed by atoms with van der Waals surface area (Å²) in [5, 5.41) is 7.58. The van der Waals surface area contributed by atoms with Crippen molar-refractivity contribution in [3.63, 3.8) is 0 Å². The Balaban J connectivity index is 1.56. The molecule has 0 radical (unpaired) electrons. The first-order valence-electron chi connectivity index (χ1n) is 9.86. The Kier molecular flexibility index (Phi) is 5.20. The molecular formula is C21H25N9O. The van der Waals surface area contributed by atoms with Crippen molar-refractivity contribution in [3.05, 3.63) is 54.9 Å². The van der Waals surface area contributed by atoms with E-state index in [4.69, 9.17) is 11.5 Å². The summed E-state index contributed by atoms with van der Waals surface area (Å²) in [5.41, 5.74) is 14.8. The van der Waals surface area contributed by atoms with E-state index in [9.17, 15) is 4.79 Å². The molecule has 31 heavy (non-hydrogen) atoms. The molecule has 2 aromatic heterocycles. The number of rotatable bonds is 4. The maximum Gasteiger partial charge on any atom is 0.248 e. The number of pyridine rings is 1. The quantitative estimate of drug-likeness (QED) is 0.548. The van der Waals surface area contributed by atoms with Crippen LogP contribution in [0.2, 0.25) is 0 Å². The fraction of sp³-hybridized carbons (Fsp3) is 0.238. The Morgan fingerprint density at radius 3 is 2.65 bits per heavy atom. The molecule has 1 aliphatic rings. The number of nitrogen functional groups attached to an aromatic ring is 2. The topological polar surface area (TPSA) is 131 Å². The molecule has 1 saturated heterocycles. The zero-order valence-corrected chi connectivity index (χ0v) is 17.5. The summed E-state index contributed by atoms with van der Waals surface area (Å²) < 4.78 is 1.55. The van der Waals surface area contributed by atoms with Crippen LogP contribution in [-0.2, 0) is 4.79 Å². The lowest BCUT2D eigenvalue weighted by Gasteiger charge is -2.41. The predicted octanol–water partition coefficient (Wildman–Crippen LogP) is 2.14. The molecule has 1 atom stereocenters. The van der Waals surface area contributed by atoms with Gasteiger partial charge in [0.1, 0.15) is 5.82 Å². The number of amides is 1. The first kappa shape index (κ1) is 20.2. The van der Waals surface area contributed by atoms with Crippen molar-refractivity contribution in [1.82, 2.24) is 24.6 Å². The standard InChI is InChI=1S/C21H25N9O/c1-13-11-28(12-14(2)29(13)15(3)31)19-10-18(8-9-24-19)30-20(23)26-21(27-30)25-17-6-4-16(22)5-7-17/h4-10,14H,1,11-12,22H2,2-3H3,(H3,23,25,26,27)/t14-/m0/s1. The molecule has 4 rings (SSSR count). The highest BCUT2D eigenvalue weighted by atomic mass is 16.2. The van der Waals surface area contributed by atoms with Gasteiger partial charge in [-0.2, -0.15) is 9.67 Å². The molecule has 10 nitrogen and oxygen atoms in total. The van der Waals surface area contributed by atoms with Crippen LogP contribution in [0.15, 0.2) is 54.9 Å². The van der Waals surface area contributed by atoms with Gasteiger partial charge in [-0.25, -0.2) is 4.98 Å². The summed E-state index contributed by atoms with van der Waals surface area (Å²) in [6, 6.07) is 11.0. The zero-order chi connectivity index (χ0) is 22.1. The van der Waals surface area contributed by atoms with Crippen LogP contribution in [-0.4, -0.2) is 49.7 Å². The average molecular weight is 419 g/mol. The van der Waals surface area contributed by atoms with E-state index in [1.807, 2.05) is 31.2 Å². The molecule has 5 N–H and O–H groups in total. The molecule has 0 saturated carbocycles. The van der Waals surface area contributed by atoms with E-state index < -0.39 is 0 Å². The fourth-order valence-electron chi connectivity index (χ4n) is 3.76. The number of benzene rings is 1. The summed E-state index contributed by atoms with van der Waals surface area (Å²) in [4.78, 5) is 24.5. The van der Waals surface area contributed by atoms with E-state index in [0.29, 0.717) is 24.7 Å². The van der Waals surface area contributed by atoms with Gasteiger partial charge in [-0.15, -0.1) is 5.10 Å². The van der Waals surface area contributed by atoms with Gasteiger partial charge in [0, 0.05) is 42.8 Å². The van der Waals surface area contributed by atoms with Gasteiger partial charge in [-0.1, -0.05) is 6.58 Å². The molecule has 3 aromatic rings. The van der Waals surface area contributed by atoms with E-state index in [1.54, 1.807) is 34.8 Å². The first-order valence-corrected chi connectivity index (χ1v) is 9.86. The van der Waals surface area contributed by atoms with Gasteiger partial charge >= 0.3 is 0 Å². The third kappa shape index (κ3) is 4.13. The van der Waals surface area contributed by atoms with Crippen molar-refractivity contribution in [2.75, 3.05) is 34.8 Å². The molecule has 1 aliphatic heterocycles. The van der Waals surface area contributed by atoms with E-state index in [2.05, 4.69) is 31.9 Å². The van der Waals surface area contributed by atoms with E-state index in [0.717, 1.165) is 22.9 Å². The highest BCUT2D eigenvalue weighted by molar-refractivity contribution is 5.76. The minimum absolute atomic E-state index is 0.00337. The highest BCUT2D eigenvalue weighted by Crippen LogP contribution is 2.25. The average Bonchev–Trinajstić information content (AvgIpc) is 3.09. The number of piperazine rings is 1. The number of carbonyl (C=O) groups is 1. The van der Waals surface area contributed by atoms with Gasteiger partial charge < -0.3 is 26.6 Å². The number of nitrogens with one attached hydrogen (secondary N) is 1. The molecular weight excluding hydrogens is 394 g/mol. The smallest absolute Gasteiger partial charge is 0.248 e. The lowest BCUT2D eigenvalue weighted by atomic mass is 10.1. The number of carbonyl (C=O) groups excluding carboxylic acids is 1. The second-order valence-electron chi connectivity index (χ2n) is 7.51. The molecule has 0 aliphatic carbocycles. The van der Waals surface area contributed by atoms with E-state index in [-0.39, 0.29) is 17.9 Å². The van der Waals surface area contributed by atoms with Crippen molar-refractivity contribution in [3.8, 4) is 5.69 Å². The Morgan fingerprint density at radius 1 is 1.23 bits per heavy atom. The Labute approximate surface area is 180 Å². The minimum atomic E-state index is -0.00428. The van der Waals surface area contributed by atoms with Gasteiger partial charge in [0.15, 0.2) is 0 Å². The molecule has 0 bridgehead atoms. The largest absolute Gasteiger partial charge is 0.399 e. The van der Waals surface area contributed by atoms with Crippen LogP contribution in [0.25, 0.3) is 5.69 Å². The van der Waals surface area contributed by atoms with Crippen LogP contribution in [0.3, 0.4) is 0 Å². The van der Waals surface area contributed by atoms with Gasteiger partial charge in [0.25, 0.3) is 0 Å². The number of hydrogen-bond donors (Lipinski definition) is 3. The molecule has 1 amide bonds. The second kappa shape index (κ2) is 7.98. The third-order valence-corrected chi connectivity index (χ3v) is 5.08. The number of aromatic nitrogens is 4. The minimum Gasteiger partial charge on any atom is -0.399 e. The Morgan fingerprint density at radius 2 is 1.97 bits per heavy atom. The molecule has 1 aromatic carbocycles. The summed E-state index contributed by atoms with van der Waals surface area (Å²) >= 11 is 0. The normalized spacial score (nSPS) is 16.5. The summed E-state index contributed by atoms with van der Waals surface area (Å²) in [7, 11) is 0. The lowest BCUT2D eigenvalue weighted by Crippen LogP contribution is -2.52. The zero-order valence-electron chi connectivity index (χ0n) is 17.5. The van der Waals surface area contributed by atoms with Gasteiger partial charge in [0.05, 0.1) is 18.3 Å². The maximum atomic E-state index is 11.9. The number of nitrogens with two attached hydrogens (primary N) is 2. The second-order valence-corrected chi connectivity index (χ2v) is 7.51. The SMILES string of the molecule is C=C1CN(c2cc(-n3nc(Nc4ccc(N)cc4)nc3N)ccn2)C[C@H](C)N1C(C)=O. The molecule has 160 valence electrons. The molecule has 0 unspecified atom stereocenters. The number of hydrogen-bond acceptors (Lipinski definition) is 8. The predicted molar refractivity (Wildman–Crippen MR) is 121 cm³/mol. The summed E-state index contributed by atoms with van der Waals surface area (Å²) in [6.45, 7) is 8.76. The van der Waals surface area contributed by atoms with Gasteiger partial charge in [0.2, 0.25) is 17.8 Å². The summed E-state index contributed by atoms with van der Waals surface area (Å²) in [6.07, 6.45) is 1.70. The van der Waals surface area contributed by atoms with E-state index in [1.165, 1.54) is 0 Å². The molecule has 10 heteroatoms. The fourth-order valence-corrected chi connectivity index (χ4v) is 3.76. The Hall–Kier alpha value is -4.08. The van der Waals surface area contributed by atoms with Crippen LogP contribution in [0.1, 0.15) is 13.8 Å². The lowest BCUT2D eigenvalue weighted by molar-refractivity contribution is -0.128. The number of anilines is 5. The van der Waals surface area contributed by atoms with Crippen molar-refractivity contribution in [1.29, 1.82) is 0 Å². The van der Waals surface area contributed by atoms with E-state index >= 15 is 0 Å². The number of nitrogens with zero attached hydrogens (tertiary/aromatic N) is 6. The van der Waals surface area contributed by atoms with Crippen molar-refractivity contribution in [2.45, 2.75) is 19.9 Å². The van der Waals surface area contributed by atoms with Crippen LogP contribution in [0.4, 0.5) is 29.1 Å². The Bertz CT molecular complexity index is 1120. The van der Waals surface area contributed by atoms with Crippen LogP contribution >= 0.6 is 0 Å². The molecule has 1 fully saturated rings. The van der Waals surface area contributed by atoms with Crippen LogP contribution < -0.4 is 21.7 Å². The van der Waals surface area contributed by atoms with Gasteiger partial charge in [-0.3, -0.25) is 4.79 Å². The van der Waals surface area contributed by atoms with Crippen LogP contribution in [0, 0.1) is 0 Å². The van der Waals surface area contributed by atoms with Crippen molar-refractivity contribution < 1.29 is 4.79 Å². The van der Waals surface area contributed by atoms with Crippen molar-refractivity contribution >= 4 is 35.0 Å². The van der Waals surface area contributed by atoms with Gasteiger partial charge in [-0.05, 0) is 37.3 Å². The summed E-state index contributed by atoms with van der Waals surface area (Å²) in [5.74, 6) is 1.36. The van der Waals surface area contributed by atoms with Crippen LogP contribution in [0.5, 0.6) is 0 Å². The molecule has 0 spiro atoms. The maximum absolute atomic E-state index is 11.9. The first-order chi connectivity index (χ1) is 14.8. The molecule has 3 heterocycles. The monoisotopic (exact) mass is 419 g/mol. The third-order valence-electron chi connectivity index (χ3n) is 5.08.